The van der Waals surface area contributed by atoms with E-state index in [2.05, 4.69) is 18.6 Å². The Morgan fingerprint density at radius 1 is 1.11 bits per heavy atom. The maximum absolute atomic E-state index is 11.9. The second-order valence-electron chi connectivity index (χ2n) is 5.10. The number of aryl methyl sites for hydroxylation is 1. The summed E-state index contributed by atoms with van der Waals surface area (Å²) in [6.07, 6.45) is 3.10. The van der Waals surface area contributed by atoms with Crippen LogP contribution in [0.5, 0.6) is 0 Å². The lowest BCUT2D eigenvalue weighted by molar-refractivity contribution is 0.530. The molecule has 0 bridgehead atoms. The van der Waals surface area contributed by atoms with Crippen LogP contribution in [0.2, 0.25) is 0 Å². The molecule has 0 radical (unpaired) electrons. The Bertz CT molecular complexity index is 449. The van der Waals surface area contributed by atoms with E-state index in [1.165, 1.54) is 0 Å². The summed E-state index contributed by atoms with van der Waals surface area (Å²) in [5.74, 6) is 0.679. The van der Waals surface area contributed by atoms with Crippen molar-refractivity contribution in [3.8, 4) is 0 Å². The molecule has 3 nitrogen and oxygen atoms in total. The first-order valence-corrected chi connectivity index (χ1v) is 7.96. The monoisotopic (exact) mass is 269 g/mol. The van der Waals surface area contributed by atoms with Gasteiger partial charge in [0.15, 0.2) is 0 Å². The molecule has 18 heavy (non-hydrogen) atoms. The van der Waals surface area contributed by atoms with E-state index in [1.807, 2.05) is 19.1 Å². The smallest absolute Gasteiger partial charge is 0.211 e. The van der Waals surface area contributed by atoms with Crippen LogP contribution in [0.15, 0.2) is 29.2 Å². The third-order valence-corrected chi connectivity index (χ3v) is 4.31. The highest BCUT2D eigenvalue weighted by Crippen LogP contribution is 2.10. The fraction of sp³-hybridized carbons (Fsp3) is 0.571. The van der Waals surface area contributed by atoms with Crippen molar-refractivity contribution in [1.82, 2.24) is 4.72 Å². The maximum Gasteiger partial charge on any atom is 0.240 e. The van der Waals surface area contributed by atoms with E-state index >= 15 is 0 Å². The van der Waals surface area contributed by atoms with E-state index in [-0.39, 0.29) is 0 Å². The molecule has 1 aromatic rings. The molecule has 1 rings (SSSR count). The van der Waals surface area contributed by atoms with Crippen molar-refractivity contribution >= 4 is 10.0 Å². The molecule has 0 aliphatic rings. The summed E-state index contributed by atoms with van der Waals surface area (Å²) < 4.78 is 26.5. The van der Waals surface area contributed by atoms with Gasteiger partial charge in [-0.3, -0.25) is 0 Å². The van der Waals surface area contributed by atoms with Gasteiger partial charge in [-0.15, -0.1) is 0 Å². The standard InChI is InChI=1S/C14H23NO2S/c1-12(2)6-4-5-11-15-18(16,17)14-9-7-13(3)8-10-14/h7-10,12,15H,4-6,11H2,1-3H3. The molecular formula is C14H23NO2S. The zero-order valence-electron chi connectivity index (χ0n) is 11.4. The van der Waals surface area contributed by atoms with Gasteiger partial charge in [0.25, 0.3) is 0 Å². The van der Waals surface area contributed by atoms with Gasteiger partial charge in [0.2, 0.25) is 10.0 Å². The van der Waals surface area contributed by atoms with Crippen LogP contribution >= 0.6 is 0 Å². The van der Waals surface area contributed by atoms with Crippen LogP contribution < -0.4 is 4.72 Å². The van der Waals surface area contributed by atoms with Crippen LogP contribution in [0.1, 0.15) is 38.7 Å². The first kappa shape index (κ1) is 15.2. The SMILES string of the molecule is Cc1ccc(S(=O)(=O)NCCCCC(C)C)cc1. The first-order valence-electron chi connectivity index (χ1n) is 6.48. The largest absolute Gasteiger partial charge is 0.240 e. The van der Waals surface area contributed by atoms with Crippen LogP contribution in [0.25, 0.3) is 0 Å². The zero-order valence-corrected chi connectivity index (χ0v) is 12.3. The van der Waals surface area contributed by atoms with E-state index in [1.54, 1.807) is 12.1 Å². The molecule has 0 atom stereocenters. The number of hydrogen-bond acceptors (Lipinski definition) is 2. The van der Waals surface area contributed by atoms with Crippen LogP contribution in [0.3, 0.4) is 0 Å². The summed E-state index contributed by atoms with van der Waals surface area (Å²) in [4.78, 5) is 0.344. The molecule has 0 heterocycles. The molecule has 0 fully saturated rings. The van der Waals surface area contributed by atoms with Gasteiger partial charge in [0, 0.05) is 6.54 Å². The molecule has 1 aromatic carbocycles. The highest BCUT2D eigenvalue weighted by molar-refractivity contribution is 7.89. The van der Waals surface area contributed by atoms with E-state index in [4.69, 9.17) is 0 Å². The van der Waals surface area contributed by atoms with E-state index < -0.39 is 10.0 Å². The van der Waals surface area contributed by atoms with Gasteiger partial charge in [0.05, 0.1) is 4.90 Å². The van der Waals surface area contributed by atoms with Crippen molar-refractivity contribution in [3.05, 3.63) is 29.8 Å². The van der Waals surface area contributed by atoms with Crippen molar-refractivity contribution in [2.75, 3.05) is 6.54 Å². The number of benzene rings is 1. The Labute approximate surface area is 111 Å². The summed E-state index contributed by atoms with van der Waals surface area (Å²) in [6.45, 7) is 6.81. The van der Waals surface area contributed by atoms with Crippen LogP contribution in [0.4, 0.5) is 0 Å². The quantitative estimate of drug-likeness (QED) is 0.773. The average Bonchev–Trinajstić information content (AvgIpc) is 2.28. The molecule has 0 saturated carbocycles. The summed E-state index contributed by atoms with van der Waals surface area (Å²) in [5, 5.41) is 0. The van der Waals surface area contributed by atoms with Crippen LogP contribution in [-0.2, 0) is 10.0 Å². The molecule has 1 N–H and O–H groups in total. The lowest BCUT2D eigenvalue weighted by atomic mass is 10.1. The third kappa shape index (κ3) is 5.19. The van der Waals surface area contributed by atoms with Gasteiger partial charge >= 0.3 is 0 Å². The summed E-state index contributed by atoms with van der Waals surface area (Å²) in [5.41, 5.74) is 1.06. The number of unbranched alkanes of at least 4 members (excludes halogenated alkanes) is 1. The second kappa shape index (κ2) is 6.90. The van der Waals surface area contributed by atoms with E-state index in [0.29, 0.717) is 17.4 Å². The van der Waals surface area contributed by atoms with Crippen LogP contribution in [0, 0.1) is 12.8 Å². The predicted octanol–water partition coefficient (Wildman–Crippen LogP) is 3.10. The molecule has 0 spiro atoms. The summed E-state index contributed by atoms with van der Waals surface area (Å²) in [6, 6.07) is 6.91. The minimum atomic E-state index is -3.33. The number of nitrogens with one attached hydrogen (secondary N) is 1. The zero-order chi connectivity index (χ0) is 13.6. The Hall–Kier alpha value is -0.870. The molecule has 102 valence electrons. The van der Waals surface area contributed by atoms with Crippen molar-refractivity contribution in [1.29, 1.82) is 0 Å². The topological polar surface area (TPSA) is 46.2 Å². The lowest BCUT2D eigenvalue weighted by Gasteiger charge is -2.08. The number of rotatable bonds is 7. The highest BCUT2D eigenvalue weighted by Gasteiger charge is 2.12. The molecule has 0 saturated heterocycles. The maximum atomic E-state index is 11.9. The van der Waals surface area contributed by atoms with Crippen molar-refractivity contribution in [3.63, 3.8) is 0 Å². The summed E-state index contributed by atoms with van der Waals surface area (Å²) >= 11 is 0. The Morgan fingerprint density at radius 3 is 2.28 bits per heavy atom. The van der Waals surface area contributed by atoms with Gasteiger partial charge in [-0.25, -0.2) is 13.1 Å². The second-order valence-corrected chi connectivity index (χ2v) is 6.87. The Kier molecular flexibility index (Phi) is 5.82. The number of sulfonamides is 1. The van der Waals surface area contributed by atoms with Gasteiger partial charge in [0.1, 0.15) is 0 Å². The van der Waals surface area contributed by atoms with Gasteiger partial charge in [-0.2, -0.15) is 0 Å². The Balaban J connectivity index is 2.43. The third-order valence-electron chi connectivity index (χ3n) is 2.83. The molecule has 0 amide bonds. The number of hydrogen-bond donors (Lipinski definition) is 1. The fourth-order valence-corrected chi connectivity index (χ4v) is 2.76. The fourth-order valence-electron chi connectivity index (χ4n) is 1.68. The van der Waals surface area contributed by atoms with E-state index in [9.17, 15) is 8.42 Å². The van der Waals surface area contributed by atoms with Gasteiger partial charge < -0.3 is 0 Å². The molecule has 0 aromatic heterocycles. The minimum absolute atomic E-state index is 0.344. The van der Waals surface area contributed by atoms with Crippen molar-refractivity contribution in [2.45, 2.75) is 44.9 Å². The van der Waals surface area contributed by atoms with Gasteiger partial charge in [-0.05, 0) is 31.4 Å². The predicted molar refractivity (Wildman–Crippen MR) is 75.1 cm³/mol. The van der Waals surface area contributed by atoms with E-state index in [0.717, 1.165) is 24.8 Å². The molecule has 0 aliphatic heterocycles. The highest BCUT2D eigenvalue weighted by atomic mass is 32.2. The van der Waals surface area contributed by atoms with Crippen molar-refractivity contribution in [2.24, 2.45) is 5.92 Å². The van der Waals surface area contributed by atoms with Crippen molar-refractivity contribution < 1.29 is 8.42 Å². The normalized spacial score (nSPS) is 12.0. The Morgan fingerprint density at radius 2 is 1.72 bits per heavy atom. The minimum Gasteiger partial charge on any atom is -0.211 e. The molecular weight excluding hydrogens is 246 g/mol. The van der Waals surface area contributed by atoms with Gasteiger partial charge in [-0.1, -0.05) is 44.4 Å². The molecule has 0 aliphatic carbocycles. The molecule has 4 heteroatoms. The lowest BCUT2D eigenvalue weighted by Crippen LogP contribution is -2.24. The summed E-state index contributed by atoms with van der Waals surface area (Å²) in [7, 11) is -3.33. The average molecular weight is 269 g/mol. The molecule has 0 unspecified atom stereocenters. The van der Waals surface area contributed by atoms with Crippen LogP contribution in [-0.4, -0.2) is 15.0 Å². The first-order chi connectivity index (χ1) is 8.42.